The quantitative estimate of drug-likeness (QED) is 0.745. The Balaban J connectivity index is 2.61. The number of esters is 1. The highest BCUT2D eigenvalue weighted by atomic mass is 16.5. The van der Waals surface area contributed by atoms with E-state index >= 15 is 0 Å². The van der Waals surface area contributed by atoms with Gasteiger partial charge in [0.25, 0.3) is 0 Å². The molecular weight excluding hydrogens is 230 g/mol. The SMILES string of the molecule is COC(=O)CC(C)N(CCO)Cc1ccccc1. The van der Waals surface area contributed by atoms with Gasteiger partial charge in [0.1, 0.15) is 0 Å². The minimum atomic E-state index is -0.224. The van der Waals surface area contributed by atoms with Crippen LogP contribution in [0.2, 0.25) is 0 Å². The van der Waals surface area contributed by atoms with E-state index in [-0.39, 0.29) is 18.6 Å². The summed E-state index contributed by atoms with van der Waals surface area (Å²) >= 11 is 0. The highest BCUT2D eigenvalue weighted by Crippen LogP contribution is 2.10. The number of methoxy groups -OCH3 is 1. The summed E-state index contributed by atoms with van der Waals surface area (Å²) in [6.07, 6.45) is 0.337. The zero-order chi connectivity index (χ0) is 13.4. The normalized spacial score (nSPS) is 12.4. The van der Waals surface area contributed by atoms with E-state index < -0.39 is 0 Å². The first kappa shape index (κ1) is 14.7. The number of benzene rings is 1. The molecule has 1 aromatic carbocycles. The molecule has 1 aromatic rings. The third-order valence-corrected chi connectivity index (χ3v) is 2.93. The highest BCUT2D eigenvalue weighted by Gasteiger charge is 2.17. The third-order valence-electron chi connectivity index (χ3n) is 2.93. The van der Waals surface area contributed by atoms with Gasteiger partial charge in [-0.3, -0.25) is 9.69 Å². The monoisotopic (exact) mass is 251 g/mol. The molecule has 0 radical (unpaired) electrons. The fraction of sp³-hybridized carbons (Fsp3) is 0.500. The van der Waals surface area contributed by atoms with Crippen molar-refractivity contribution in [3.8, 4) is 0 Å². The van der Waals surface area contributed by atoms with E-state index in [2.05, 4.69) is 9.64 Å². The maximum absolute atomic E-state index is 11.3. The topological polar surface area (TPSA) is 49.8 Å². The Morgan fingerprint density at radius 2 is 2.06 bits per heavy atom. The lowest BCUT2D eigenvalue weighted by Gasteiger charge is -2.27. The van der Waals surface area contributed by atoms with Crippen molar-refractivity contribution in [2.75, 3.05) is 20.3 Å². The molecule has 0 bridgehead atoms. The lowest BCUT2D eigenvalue weighted by Crippen LogP contribution is -2.36. The van der Waals surface area contributed by atoms with E-state index in [1.807, 2.05) is 37.3 Å². The summed E-state index contributed by atoms with van der Waals surface area (Å²) in [6.45, 7) is 3.32. The molecule has 1 unspecified atom stereocenters. The minimum Gasteiger partial charge on any atom is -0.469 e. The second kappa shape index (κ2) is 7.84. The number of carbonyl (C=O) groups excluding carboxylic acids is 1. The van der Waals surface area contributed by atoms with Gasteiger partial charge < -0.3 is 9.84 Å². The number of ether oxygens (including phenoxy) is 1. The van der Waals surface area contributed by atoms with Crippen LogP contribution >= 0.6 is 0 Å². The maximum Gasteiger partial charge on any atom is 0.307 e. The molecule has 0 spiro atoms. The van der Waals surface area contributed by atoms with Crippen LogP contribution in [0, 0.1) is 0 Å². The zero-order valence-electron chi connectivity index (χ0n) is 11.0. The average Bonchev–Trinajstić information content (AvgIpc) is 2.39. The Bertz CT molecular complexity index is 353. The van der Waals surface area contributed by atoms with E-state index in [9.17, 15) is 4.79 Å². The number of rotatable bonds is 7. The summed E-state index contributed by atoms with van der Waals surface area (Å²) in [6, 6.07) is 10.1. The van der Waals surface area contributed by atoms with Gasteiger partial charge in [0.15, 0.2) is 0 Å². The summed E-state index contributed by atoms with van der Waals surface area (Å²) in [7, 11) is 1.39. The first-order valence-electron chi connectivity index (χ1n) is 6.13. The zero-order valence-corrected chi connectivity index (χ0v) is 11.0. The van der Waals surface area contributed by atoms with Gasteiger partial charge in [0.2, 0.25) is 0 Å². The lowest BCUT2D eigenvalue weighted by molar-refractivity contribution is -0.142. The molecular formula is C14H21NO3. The van der Waals surface area contributed by atoms with Crippen molar-refractivity contribution in [3.05, 3.63) is 35.9 Å². The van der Waals surface area contributed by atoms with Crippen molar-refractivity contribution in [1.29, 1.82) is 0 Å². The Kier molecular flexibility index (Phi) is 6.39. The molecule has 0 fully saturated rings. The number of nitrogens with zero attached hydrogens (tertiary/aromatic N) is 1. The maximum atomic E-state index is 11.3. The van der Waals surface area contributed by atoms with Gasteiger partial charge >= 0.3 is 5.97 Å². The number of hydrogen-bond donors (Lipinski definition) is 1. The van der Waals surface area contributed by atoms with Gasteiger partial charge in [0.05, 0.1) is 20.1 Å². The molecule has 0 aliphatic rings. The van der Waals surface area contributed by atoms with Gasteiger partial charge in [-0.1, -0.05) is 30.3 Å². The molecule has 0 aliphatic carbocycles. The highest BCUT2D eigenvalue weighted by molar-refractivity contribution is 5.69. The molecule has 0 aromatic heterocycles. The second-order valence-electron chi connectivity index (χ2n) is 4.31. The van der Waals surface area contributed by atoms with Gasteiger partial charge in [-0.25, -0.2) is 0 Å². The molecule has 4 heteroatoms. The molecule has 0 heterocycles. The van der Waals surface area contributed by atoms with Crippen molar-refractivity contribution < 1.29 is 14.6 Å². The van der Waals surface area contributed by atoms with Crippen LogP contribution in [0.15, 0.2) is 30.3 Å². The predicted octanol–water partition coefficient (Wildman–Crippen LogP) is 1.43. The summed E-state index contributed by atoms with van der Waals surface area (Å²) in [4.78, 5) is 13.3. The minimum absolute atomic E-state index is 0.0461. The molecule has 0 aliphatic heterocycles. The Morgan fingerprint density at radius 1 is 1.39 bits per heavy atom. The molecule has 0 saturated heterocycles. The van der Waals surface area contributed by atoms with Gasteiger partial charge in [-0.15, -0.1) is 0 Å². The summed E-state index contributed by atoms with van der Waals surface area (Å²) < 4.78 is 4.67. The van der Waals surface area contributed by atoms with Gasteiger partial charge in [-0.2, -0.15) is 0 Å². The fourth-order valence-electron chi connectivity index (χ4n) is 1.86. The molecule has 18 heavy (non-hydrogen) atoms. The number of aliphatic hydroxyl groups is 1. The summed E-state index contributed by atoms with van der Waals surface area (Å²) in [5.41, 5.74) is 1.17. The fourth-order valence-corrected chi connectivity index (χ4v) is 1.86. The van der Waals surface area contributed by atoms with Crippen LogP contribution in [0.4, 0.5) is 0 Å². The van der Waals surface area contributed by atoms with Crippen molar-refractivity contribution in [3.63, 3.8) is 0 Å². The van der Waals surface area contributed by atoms with Crippen LogP contribution in [-0.4, -0.2) is 42.3 Å². The van der Waals surface area contributed by atoms with Crippen molar-refractivity contribution in [2.45, 2.75) is 25.9 Å². The first-order chi connectivity index (χ1) is 8.67. The number of hydrogen-bond acceptors (Lipinski definition) is 4. The first-order valence-corrected chi connectivity index (χ1v) is 6.13. The van der Waals surface area contributed by atoms with Gasteiger partial charge in [0, 0.05) is 19.1 Å². The Labute approximate surface area is 108 Å². The number of aliphatic hydroxyl groups excluding tert-OH is 1. The molecule has 1 atom stereocenters. The van der Waals surface area contributed by atoms with Crippen molar-refractivity contribution in [1.82, 2.24) is 4.90 Å². The molecule has 0 amide bonds. The summed E-state index contributed by atoms with van der Waals surface area (Å²) in [5, 5.41) is 9.10. The van der Waals surface area contributed by atoms with Crippen LogP contribution in [0.5, 0.6) is 0 Å². The van der Waals surface area contributed by atoms with Crippen LogP contribution in [-0.2, 0) is 16.1 Å². The van der Waals surface area contributed by atoms with Crippen molar-refractivity contribution in [2.24, 2.45) is 0 Å². The number of carbonyl (C=O) groups is 1. The van der Waals surface area contributed by atoms with Crippen molar-refractivity contribution >= 4 is 5.97 Å². The van der Waals surface area contributed by atoms with E-state index in [0.29, 0.717) is 13.0 Å². The van der Waals surface area contributed by atoms with E-state index in [1.165, 1.54) is 12.7 Å². The Hall–Kier alpha value is -1.39. The Morgan fingerprint density at radius 3 is 2.61 bits per heavy atom. The summed E-state index contributed by atoms with van der Waals surface area (Å²) in [5.74, 6) is -0.224. The largest absolute Gasteiger partial charge is 0.469 e. The van der Waals surface area contributed by atoms with E-state index in [1.54, 1.807) is 0 Å². The molecule has 100 valence electrons. The second-order valence-corrected chi connectivity index (χ2v) is 4.31. The predicted molar refractivity (Wildman–Crippen MR) is 70.0 cm³/mol. The third kappa shape index (κ3) is 4.85. The standard InChI is InChI=1S/C14H21NO3/c1-12(10-14(17)18-2)15(8-9-16)11-13-6-4-3-5-7-13/h3-7,12,16H,8-11H2,1-2H3. The van der Waals surface area contributed by atoms with Crippen LogP contribution in [0.1, 0.15) is 18.9 Å². The molecule has 4 nitrogen and oxygen atoms in total. The van der Waals surface area contributed by atoms with Crippen LogP contribution < -0.4 is 0 Å². The lowest BCUT2D eigenvalue weighted by atomic mass is 10.1. The smallest absolute Gasteiger partial charge is 0.307 e. The molecule has 1 N–H and O–H groups in total. The molecule has 0 saturated carbocycles. The van der Waals surface area contributed by atoms with Crippen LogP contribution in [0.25, 0.3) is 0 Å². The molecule has 1 rings (SSSR count). The van der Waals surface area contributed by atoms with E-state index in [0.717, 1.165) is 6.54 Å². The van der Waals surface area contributed by atoms with Gasteiger partial charge in [-0.05, 0) is 12.5 Å². The average molecular weight is 251 g/mol. The van der Waals surface area contributed by atoms with E-state index in [4.69, 9.17) is 5.11 Å². The van der Waals surface area contributed by atoms with Crippen LogP contribution in [0.3, 0.4) is 0 Å².